The van der Waals surface area contributed by atoms with Gasteiger partial charge in [0.25, 0.3) is 0 Å². The lowest BCUT2D eigenvalue weighted by molar-refractivity contribution is 0.454. The van der Waals surface area contributed by atoms with E-state index in [1.165, 1.54) is 12.1 Å². The van der Waals surface area contributed by atoms with Crippen molar-refractivity contribution in [1.29, 1.82) is 0 Å². The molecule has 0 unspecified atom stereocenters. The molecule has 0 radical (unpaired) electrons. The summed E-state index contributed by atoms with van der Waals surface area (Å²) in [7, 11) is 0. The summed E-state index contributed by atoms with van der Waals surface area (Å²) >= 11 is 0. The van der Waals surface area contributed by atoms with Gasteiger partial charge in [-0.3, -0.25) is 0 Å². The zero-order valence-corrected chi connectivity index (χ0v) is 9.18. The van der Waals surface area contributed by atoms with Gasteiger partial charge in [0.2, 0.25) is 0 Å². The lowest BCUT2D eigenvalue weighted by Crippen LogP contribution is -1.70. The van der Waals surface area contributed by atoms with Crippen molar-refractivity contribution in [3.63, 3.8) is 0 Å². The Kier molecular flexibility index (Phi) is 1.56. The summed E-state index contributed by atoms with van der Waals surface area (Å²) in [4.78, 5) is 0. The summed E-state index contributed by atoms with van der Waals surface area (Å²) in [5, 5.41) is 22.7. The predicted molar refractivity (Wildman–Crippen MR) is 66.8 cm³/mol. The molecule has 4 rings (SSSR count). The topological polar surface area (TPSA) is 66.7 Å². The van der Waals surface area contributed by atoms with Gasteiger partial charge in [0.05, 0.1) is 17.9 Å². The molecular formula is C14H8O4. The molecule has 2 N–H and O–H groups in total. The molecule has 2 heterocycles. The Labute approximate surface area is 101 Å². The van der Waals surface area contributed by atoms with E-state index in [9.17, 15) is 10.2 Å². The average molecular weight is 240 g/mol. The first kappa shape index (κ1) is 9.41. The van der Waals surface area contributed by atoms with Crippen molar-refractivity contribution in [1.82, 2.24) is 0 Å². The number of benzene rings is 2. The van der Waals surface area contributed by atoms with Crippen LogP contribution in [0.5, 0.6) is 11.5 Å². The van der Waals surface area contributed by atoms with E-state index in [2.05, 4.69) is 0 Å². The molecule has 2 aromatic carbocycles. The molecule has 0 saturated carbocycles. The lowest BCUT2D eigenvalue weighted by Gasteiger charge is -1.96. The number of rotatable bonds is 0. The van der Waals surface area contributed by atoms with Crippen molar-refractivity contribution in [2.45, 2.75) is 0 Å². The summed E-state index contributed by atoms with van der Waals surface area (Å²) in [6.07, 6.45) is 3.28. The number of aromatic hydroxyl groups is 2. The van der Waals surface area contributed by atoms with Crippen LogP contribution in [0.4, 0.5) is 0 Å². The molecule has 88 valence electrons. The maximum absolute atomic E-state index is 9.92. The van der Waals surface area contributed by atoms with Crippen LogP contribution in [0.2, 0.25) is 0 Å². The Bertz CT molecular complexity index is 898. The van der Waals surface area contributed by atoms with Crippen molar-refractivity contribution in [3.8, 4) is 11.5 Å². The average Bonchev–Trinajstić information content (AvgIpc) is 2.87. The monoisotopic (exact) mass is 240 g/mol. The quantitative estimate of drug-likeness (QED) is 0.491. The molecular weight excluding hydrogens is 232 g/mol. The Morgan fingerprint density at radius 3 is 2.44 bits per heavy atom. The van der Waals surface area contributed by atoms with Gasteiger partial charge in [0.15, 0.2) is 0 Å². The van der Waals surface area contributed by atoms with Crippen LogP contribution in [0.15, 0.2) is 45.6 Å². The van der Waals surface area contributed by atoms with Gasteiger partial charge in [-0.2, -0.15) is 0 Å². The fourth-order valence-electron chi connectivity index (χ4n) is 2.33. The van der Waals surface area contributed by atoms with Crippen LogP contribution in [0.1, 0.15) is 0 Å². The van der Waals surface area contributed by atoms with E-state index in [1.54, 1.807) is 12.5 Å². The summed E-state index contributed by atoms with van der Waals surface area (Å²) in [6.45, 7) is 0. The SMILES string of the molecule is Oc1cc(O)c2c(c1)oc1cc3cocc3cc12. The molecule has 2 aromatic heterocycles. The first-order chi connectivity index (χ1) is 8.72. The third-order valence-corrected chi connectivity index (χ3v) is 3.13. The summed E-state index contributed by atoms with van der Waals surface area (Å²) in [6, 6.07) is 6.54. The summed E-state index contributed by atoms with van der Waals surface area (Å²) in [5.41, 5.74) is 1.12. The molecule has 0 aliphatic rings. The molecule has 0 saturated heterocycles. The van der Waals surface area contributed by atoms with Crippen LogP contribution in [0.25, 0.3) is 32.7 Å². The third-order valence-electron chi connectivity index (χ3n) is 3.13. The van der Waals surface area contributed by atoms with E-state index in [-0.39, 0.29) is 11.5 Å². The standard InChI is InChI=1S/C14H8O4/c15-9-3-11(16)14-10-1-7-5-17-6-8(7)2-12(10)18-13(14)4-9/h1-6,15-16H. The van der Waals surface area contributed by atoms with E-state index in [4.69, 9.17) is 8.83 Å². The molecule has 0 fully saturated rings. The molecule has 0 spiro atoms. The molecule has 0 bridgehead atoms. The molecule has 4 heteroatoms. The fraction of sp³-hybridized carbons (Fsp3) is 0. The number of hydrogen-bond acceptors (Lipinski definition) is 4. The summed E-state index contributed by atoms with van der Waals surface area (Å²) in [5.74, 6) is -0.0142. The van der Waals surface area contributed by atoms with Gasteiger partial charge in [-0.1, -0.05) is 0 Å². The number of fused-ring (bicyclic) bond motifs is 4. The highest BCUT2D eigenvalue weighted by Gasteiger charge is 2.13. The van der Waals surface area contributed by atoms with Gasteiger partial charge in [-0.15, -0.1) is 0 Å². The Balaban J connectivity index is 2.29. The second-order valence-corrected chi connectivity index (χ2v) is 4.29. The Morgan fingerprint density at radius 1 is 0.833 bits per heavy atom. The zero-order valence-electron chi connectivity index (χ0n) is 9.18. The van der Waals surface area contributed by atoms with Crippen molar-refractivity contribution in [3.05, 3.63) is 36.8 Å². The van der Waals surface area contributed by atoms with Crippen molar-refractivity contribution >= 4 is 32.7 Å². The van der Waals surface area contributed by atoms with Crippen molar-refractivity contribution < 1.29 is 19.0 Å². The molecule has 4 nitrogen and oxygen atoms in total. The Hall–Kier alpha value is -2.62. The fourth-order valence-corrected chi connectivity index (χ4v) is 2.33. The van der Waals surface area contributed by atoms with E-state index < -0.39 is 0 Å². The second-order valence-electron chi connectivity index (χ2n) is 4.29. The number of hydrogen-bond donors (Lipinski definition) is 2. The molecule has 0 atom stereocenters. The number of phenolic OH excluding ortho intramolecular Hbond substituents is 2. The normalized spacial score (nSPS) is 11.8. The minimum absolute atomic E-state index is 0.00611. The van der Waals surface area contributed by atoms with Crippen molar-refractivity contribution in [2.24, 2.45) is 0 Å². The van der Waals surface area contributed by atoms with Crippen molar-refractivity contribution in [2.75, 3.05) is 0 Å². The smallest absolute Gasteiger partial charge is 0.142 e. The van der Waals surface area contributed by atoms with Crippen LogP contribution in [-0.2, 0) is 0 Å². The highest BCUT2D eigenvalue weighted by atomic mass is 16.3. The third kappa shape index (κ3) is 1.09. The van der Waals surface area contributed by atoms with E-state index in [0.717, 1.165) is 16.2 Å². The minimum Gasteiger partial charge on any atom is -0.508 e. The second kappa shape index (κ2) is 2.98. The van der Waals surface area contributed by atoms with Gasteiger partial charge >= 0.3 is 0 Å². The molecule has 18 heavy (non-hydrogen) atoms. The van der Waals surface area contributed by atoms with Gasteiger partial charge in [-0.05, 0) is 12.1 Å². The largest absolute Gasteiger partial charge is 0.508 e. The lowest BCUT2D eigenvalue weighted by atomic mass is 10.1. The number of furan rings is 2. The Morgan fingerprint density at radius 2 is 1.61 bits per heavy atom. The molecule has 0 aliphatic carbocycles. The number of phenols is 2. The molecule has 0 aliphatic heterocycles. The first-order valence-corrected chi connectivity index (χ1v) is 5.46. The van der Waals surface area contributed by atoms with Gasteiger partial charge in [0.1, 0.15) is 22.7 Å². The first-order valence-electron chi connectivity index (χ1n) is 5.46. The van der Waals surface area contributed by atoms with Crippen LogP contribution < -0.4 is 0 Å². The van der Waals surface area contributed by atoms with E-state index in [1.807, 2.05) is 12.1 Å². The minimum atomic E-state index is -0.0203. The van der Waals surface area contributed by atoms with E-state index >= 15 is 0 Å². The van der Waals surface area contributed by atoms with Crippen LogP contribution in [-0.4, -0.2) is 10.2 Å². The van der Waals surface area contributed by atoms with E-state index in [0.29, 0.717) is 16.6 Å². The highest BCUT2D eigenvalue weighted by molar-refractivity contribution is 6.12. The zero-order chi connectivity index (χ0) is 12.3. The summed E-state index contributed by atoms with van der Waals surface area (Å²) < 4.78 is 10.8. The van der Waals surface area contributed by atoms with Crippen LogP contribution in [0.3, 0.4) is 0 Å². The highest BCUT2D eigenvalue weighted by Crippen LogP contribution is 2.39. The molecule has 0 amide bonds. The van der Waals surface area contributed by atoms with Crippen LogP contribution >= 0.6 is 0 Å². The van der Waals surface area contributed by atoms with Gasteiger partial charge < -0.3 is 19.0 Å². The van der Waals surface area contributed by atoms with Crippen LogP contribution in [0, 0.1) is 0 Å². The van der Waals surface area contributed by atoms with Gasteiger partial charge in [-0.25, -0.2) is 0 Å². The maximum atomic E-state index is 9.92. The maximum Gasteiger partial charge on any atom is 0.142 e. The predicted octanol–water partition coefficient (Wildman–Crippen LogP) is 3.74. The molecule has 4 aromatic rings. The van der Waals surface area contributed by atoms with Gasteiger partial charge in [0, 0.05) is 28.3 Å².